The van der Waals surface area contributed by atoms with Crippen molar-refractivity contribution >= 4 is 46.6 Å². The highest BCUT2D eigenvalue weighted by Gasteiger charge is 2.30. The smallest absolute Gasteiger partial charge is 0.239 e. The summed E-state index contributed by atoms with van der Waals surface area (Å²) in [7, 11) is 0. The first-order chi connectivity index (χ1) is 9.54. The van der Waals surface area contributed by atoms with E-state index < -0.39 is 17.1 Å². The Morgan fingerprint density at radius 2 is 2.35 bits per heavy atom. The molecule has 0 aromatic heterocycles. The molecular formula is C12H9ClN3O3S-. The lowest BCUT2D eigenvalue weighted by Gasteiger charge is -2.04. The third kappa shape index (κ3) is 4.07. The second-order valence-corrected chi connectivity index (χ2v) is 5.50. The maximum atomic E-state index is 11.4. The molecule has 1 aliphatic rings. The van der Waals surface area contributed by atoms with Crippen molar-refractivity contribution in [3.8, 4) is 0 Å². The van der Waals surface area contributed by atoms with Crippen molar-refractivity contribution in [1.82, 2.24) is 5.32 Å². The number of carboxylic acid groups (broad SMARTS) is 1. The molecule has 1 aliphatic heterocycles. The van der Waals surface area contributed by atoms with Crippen LogP contribution in [0, 0.1) is 0 Å². The van der Waals surface area contributed by atoms with Crippen molar-refractivity contribution in [3.63, 3.8) is 0 Å². The van der Waals surface area contributed by atoms with Gasteiger partial charge in [0, 0.05) is 17.4 Å². The van der Waals surface area contributed by atoms with Gasteiger partial charge in [0.15, 0.2) is 5.17 Å². The number of thioether (sulfide) groups is 1. The van der Waals surface area contributed by atoms with E-state index in [2.05, 4.69) is 15.5 Å². The molecule has 0 spiro atoms. The predicted octanol–water partition coefficient (Wildman–Crippen LogP) is 0.401. The van der Waals surface area contributed by atoms with Gasteiger partial charge >= 0.3 is 0 Å². The first-order valence-corrected chi connectivity index (χ1v) is 6.84. The predicted molar refractivity (Wildman–Crippen MR) is 75.6 cm³/mol. The van der Waals surface area contributed by atoms with E-state index in [0.29, 0.717) is 5.02 Å². The molecule has 2 rings (SSSR count). The van der Waals surface area contributed by atoms with Crippen LogP contribution in [-0.2, 0) is 9.59 Å². The van der Waals surface area contributed by atoms with Crippen LogP contribution in [-0.4, -0.2) is 28.5 Å². The summed E-state index contributed by atoms with van der Waals surface area (Å²) in [5.41, 5.74) is 0.766. The largest absolute Gasteiger partial charge is 0.550 e. The minimum Gasteiger partial charge on any atom is -0.550 e. The van der Waals surface area contributed by atoms with Gasteiger partial charge in [0.2, 0.25) is 5.91 Å². The quantitative estimate of drug-likeness (QED) is 0.643. The molecule has 6 nitrogen and oxygen atoms in total. The maximum absolute atomic E-state index is 11.4. The fourth-order valence-electron chi connectivity index (χ4n) is 1.47. The van der Waals surface area contributed by atoms with Crippen molar-refractivity contribution in [2.45, 2.75) is 11.7 Å². The average molecular weight is 311 g/mol. The van der Waals surface area contributed by atoms with Gasteiger partial charge in [-0.25, -0.2) is 0 Å². The minimum absolute atomic E-state index is 0.263. The number of carbonyl (C=O) groups excluding carboxylic acids is 2. The van der Waals surface area contributed by atoms with Crippen LogP contribution < -0.4 is 10.4 Å². The average Bonchev–Trinajstić information content (AvgIpc) is 2.69. The van der Waals surface area contributed by atoms with Gasteiger partial charge in [0.25, 0.3) is 0 Å². The highest BCUT2D eigenvalue weighted by Crippen LogP contribution is 2.21. The molecule has 0 aliphatic carbocycles. The van der Waals surface area contributed by atoms with E-state index in [1.54, 1.807) is 24.3 Å². The molecule has 1 heterocycles. The Morgan fingerprint density at radius 1 is 1.55 bits per heavy atom. The molecule has 104 valence electrons. The van der Waals surface area contributed by atoms with Crippen LogP contribution in [0.2, 0.25) is 5.02 Å². The first-order valence-electron chi connectivity index (χ1n) is 5.58. The Kier molecular flexibility index (Phi) is 4.75. The van der Waals surface area contributed by atoms with Gasteiger partial charge < -0.3 is 15.2 Å². The number of hydrogen-bond donors (Lipinski definition) is 1. The number of carbonyl (C=O) groups is 2. The number of amides is 1. The SMILES string of the molecule is O=C([O-])C[C@H]1S/C(=N/N=C\c2cccc(Cl)c2)NC1=O. The van der Waals surface area contributed by atoms with Crippen molar-refractivity contribution in [1.29, 1.82) is 0 Å². The first kappa shape index (κ1) is 14.5. The molecule has 0 unspecified atom stereocenters. The Hall–Kier alpha value is -1.86. The van der Waals surface area contributed by atoms with E-state index in [9.17, 15) is 14.7 Å². The molecule has 20 heavy (non-hydrogen) atoms. The molecule has 0 saturated carbocycles. The Balaban J connectivity index is 1.99. The van der Waals surface area contributed by atoms with E-state index in [0.717, 1.165) is 17.3 Å². The van der Waals surface area contributed by atoms with Crippen molar-refractivity contribution in [2.75, 3.05) is 0 Å². The summed E-state index contributed by atoms with van der Waals surface area (Å²) in [6.07, 6.45) is 1.13. The van der Waals surface area contributed by atoms with Crippen molar-refractivity contribution in [2.24, 2.45) is 10.2 Å². The lowest BCUT2D eigenvalue weighted by Crippen LogP contribution is -2.31. The molecule has 1 aromatic rings. The Morgan fingerprint density at radius 3 is 3.05 bits per heavy atom. The number of halogens is 1. The van der Waals surface area contributed by atoms with Gasteiger partial charge in [-0.3, -0.25) is 4.79 Å². The van der Waals surface area contributed by atoms with Gasteiger partial charge in [0.1, 0.15) is 0 Å². The van der Waals surface area contributed by atoms with E-state index in [1.807, 2.05) is 0 Å². The minimum atomic E-state index is -1.28. The molecule has 1 N–H and O–H groups in total. The highest BCUT2D eigenvalue weighted by molar-refractivity contribution is 8.15. The third-order valence-electron chi connectivity index (χ3n) is 2.33. The normalized spacial score (nSPS) is 20.6. The summed E-state index contributed by atoms with van der Waals surface area (Å²) in [6, 6.07) is 7.03. The summed E-state index contributed by atoms with van der Waals surface area (Å²) in [5, 5.41) is 20.7. The zero-order valence-corrected chi connectivity index (χ0v) is 11.6. The van der Waals surface area contributed by atoms with Gasteiger partial charge in [-0.2, -0.15) is 5.10 Å². The van der Waals surface area contributed by atoms with Crippen LogP contribution in [0.3, 0.4) is 0 Å². The van der Waals surface area contributed by atoms with Gasteiger partial charge in [-0.15, -0.1) is 5.10 Å². The van der Waals surface area contributed by atoms with E-state index in [-0.39, 0.29) is 11.6 Å². The number of rotatable bonds is 4. The van der Waals surface area contributed by atoms with Gasteiger partial charge in [-0.05, 0) is 17.7 Å². The Labute approximate surface area is 123 Å². The second kappa shape index (κ2) is 6.53. The zero-order valence-electron chi connectivity index (χ0n) is 10.1. The van der Waals surface area contributed by atoms with Gasteiger partial charge in [0.05, 0.1) is 11.5 Å². The van der Waals surface area contributed by atoms with E-state index in [1.165, 1.54) is 6.21 Å². The van der Waals surface area contributed by atoms with Crippen LogP contribution in [0.25, 0.3) is 0 Å². The third-order valence-corrected chi connectivity index (χ3v) is 3.64. The van der Waals surface area contributed by atoms with E-state index in [4.69, 9.17) is 11.6 Å². The highest BCUT2D eigenvalue weighted by atomic mass is 35.5. The molecule has 8 heteroatoms. The fourth-order valence-corrected chi connectivity index (χ4v) is 2.58. The molecule has 1 fully saturated rings. The molecular weight excluding hydrogens is 302 g/mol. The molecule has 1 saturated heterocycles. The zero-order chi connectivity index (χ0) is 14.5. The summed E-state index contributed by atoms with van der Waals surface area (Å²) < 4.78 is 0. The Bertz CT molecular complexity index is 603. The fraction of sp³-hybridized carbons (Fsp3) is 0.167. The number of amidine groups is 1. The summed E-state index contributed by atoms with van der Waals surface area (Å²) >= 11 is 6.83. The van der Waals surface area contributed by atoms with Crippen LogP contribution in [0.4, 0.5) is 0 Å². The van der Waals surface area contributed by atoms with E-state index >= 15 is 0 Å². The van der Waals surface area contributed by atoms with Crippen LogP contribution in [0.1, 0.15) is 12.0 Å². The molecule has 0 bridgehead atoms. The number of aliphatic carboxylic acids is 1. The lowest BCUT2D eigenvalue weighted by molar-refractivity contribution is -0.305. The van der Waals surface area contributed by atoms with Crippen molar-refractivity contribution < 1.29 is 14.7 Å². The monoisotopic (exact) mass is 310 g/mol. The second-order valence-electron chi connectivity index (χ2n) is 3.88. The number of nitrogens with zero attached hydrogens (tertiary/aromatic N) is 2. The lowest BCUT2D eigenvalue weighted by atomic mass is 10.2. The van der Waals surface area contributed by atoms with Crippen molar-refractivity contribution in [3.05, 3.63) is 34.9 Å². The van der Waals surface area contributed by atoms with Crippen LogP contribution in [0.5, 0.6) is 0 Å². The molecule has 1 aromatic carbocycles. The summed E-state index contributed by atoms with van der Waals surface area (Å²) in [5.74, 6) is -1.68. The number of hydrogen-bond acceptors (Lipinski definition) is 6. The van der Waals surface area contributed by atoms with Crippen LogP contribution in [0.15, 0.2) is 34.5 Å². The summed E-state index contributed by atoms with van der Waals surface area (Å²) in [4.78, 5) is 21.9. The van der Waals surface area contributed by atoms with Crippen LogP contribution >= 0.6 is 23.4 Å². The number of benzene rings is 1. The molecule has 1 amide bonds. The number of carboxylic acids is 1. The molecule has 1 atom stereocenters. The topological polar surface area (TPSA) is 93.9 Å². The maximum Gasteiger partial charge on any atom is 0.239 e. The molecule has 0 radical (unpaired) electrons. The van der Waals surface area contributed by atoms with Gasteiger partial charge in [-0.1, -0.05) is 35.5 Å². The summed E-state index contributed by atoms with van der Waals surface area (Å²) in [6.45, 7) is 0. The number of nitrogens with one attached hydrogen (secondary N) is 1. The standard InChI is InChI=1S/C12H10ClN3O3S/c13-8-3-1-2-7(4-8)6-14-16-12-15-11(19)9(20-12)5-10(17)18/h1-4,6,9H,5H2,(H,17,18)(H,15,16,19)/p-1/b14-6-/t9-/m1/s1.